The normalized spacial score (nSPS) is 16.8. The molecule has 128 valence electrons. The van der Waals surface area contributed by atoms with Gasteiger partial charge in [0.2, 0.25) is 0 Å². The Kier molecular flexibility index (Phi) is 3.92. The Hall–Kier alpha value is -2.47. The number of nitrogens with zero attached hydrogens (tertiary/aromatic N) is 1. The maximum atomic E-state index is 12.6. The summed E-state index contributed by atoms with van der Waals surface area (Å²) in [5.41, 5.74) is 1.83. The molecule has 0 saturated carbocycles. The van der Waals surface area contributed by atoms with Crippen LogP contribution < -0.4 is 10.7 Å². The van der Waals surface area contributed by atoms with Crippen LogP contribution in [-0.4, -0.2) is 15.9 Å². The van der Waals surface area contributed by atoms with Crippen LogP contribution in [0.3, 0.4) is 0 Å². The number of aryl methyl sites for hydroxylation is 1. The van der Waals surface area contributed by atoms with Crippen molar-refractivity contribution in [1.82, 2.24) is 9.97 Å². The number of H-pyrrole nitrogens is 1. The van der Waals surface area contributed by atoms with E-state index in [4.69, 9.17) is 0 Å². The fourth-order valence-electron chi connectivity index (χ4n) is 3.50. The molecule has 0 aliphatic heterocycles. The molecule has 0 unspecified atom stereocenters. The second-order valence-corrected chi connectivity index (χ2v) is 7.56. The number of carbonyl (C=O) groups excluding carboxylic acids is 1. The highest BCUT2D eigenvalue weighted by Crippen LogP contribution is 2.37. The first kappa shape index (κ1) is 16.0. The summed E-state index contributed by atoms with van der Waals surface area (Å²) in [5.74, 6) is -0.0656. The monoisotopic (exact) mass is 353 g/mol. The van der Waals surface area contributed by atoms with Crippen LogP contribution in [-0.2, 0) is 12.8 Å². The Morgan fingerprint density at radius 3 is 2.80 bits per heavy atom. The van der Waals surface area contributed by atoms with Gasteiger partial charge in [-0.15, -0.1) is 11.3 Å². The Morgan fingerprint density at radius 2 is 2.12 bits per heavy atom. The van der Waals surface area contributed by atoms with Crippen molar-refractivity contribution in [2.75, 3.05) is 0 Å². The number of aromatic nitrogens is 2. The first-order valence-electron chi connectivity index (χ1n) is 8.43. The molecule has 1 aliphatic rings. The molecule has 5 nitrogen and oxygen atoms in total. The summed E-state index contributed by atoms with van der Waals surface area (Å²) < 4.78 is 0. The summed E-state index contributed by atoms with van der Waals surface area (Å²) in [7, 11) is 0. The average Bonchev–Trinajstić information content (AvgIpc) is 2.99. The third-order valence-corrected chi connectivity index (χ3v) is 6.14. The van der Waals surface area contributed by atoms with Crippen LogP contribution in [0.1, 0.15) is 40.6 Å². The van der Waals surface area contributed by atoms with Gasteiger partial charge >= 0.3 is 0 Å². The number of hydrogen-bond acceptors (Lipinski definition) is 5. The Morgan fingerprint density at radius 1 is 1.36 bits per heavy atom. The molecule has 1 atom stereocenters. The number of rotatable bonds is 3. The fraction of sp³-hybridized carbons (Fsp3) is 0.316. The smallest absolute Gasteiger partial charge is 0.260 e. The summed E-state index contributed by atoms with van der Waals surface area (Å²) in [5, 5.41) is 11.6. The maximum Gasteiger partial charge on any atom is 0.260 e. The van der Waals surface area contributed by atoms with Crippen LogP contribution in [0.15, 0.2) is 29.1 Å². The molecule has 1 N–H and O–H groups in total. The molecule has 1 aliphatic carbocycles. The van der Waals surface area contributed by atoms with Crippen LogP contribution >= 0.6 is 11.3 Å². The van der Waals surface area contributed by atoms with Crippen LogP contribution in [0, 0.1) is 5.92 Å². The third-order valence-electron chi connectivity index (χ3n) is 4.99. The van der Waals surface area contributed by atoms with Gasteiger partial charge in [-0.25, -0.2) is 4.98 Å². The number of aromatic carboxylic acids is 1. The number of carboxylic acids is 1. The molecule has 25 heavy (non-hydrogen) atoms. The molecule has 0 amide bonds. The van der Waals surface area contributed by atoms with Crippen molar-refractivity contribution in [3.05, 3.63) is 50.6 Å². The van der Waals surface area contributed by atoms with Crippen LogP contribution in [0.2, 0.25) is 0 Å². The van der Waals surface area contributed by atoms with Crippen LogP contribution in [0.4, 0.5) is 0 Å². The second-order valence-electron chi connectivity index (χ2n) is 6.48. The topological polar surface area (TPSA) is 85.9 Å². The van der Waals surface area contributed by atoms with Crippen LogP contribution in [0.25, 0.3) is 21.6 Å². The number of benzene rings is 1. The molecular formula is C19H17N2O3S-. The maximum absolute atomic E-state index is 12.6. The highest BCUT2D eigenvalue weighted by molar-refractivity contribution is 7.18. The van der Waals surface area contributed by atoms with Gasteiger partial charge in [-0.1, -0.05) is 37.6 Å². The van der Waals surface area contributed by atoms with E-state index in [0.717, 1.165) is 41.5 Å². The van der Waals surface area contributed by atoms with Crippen molar-refractivity contribution < 1.29 is 9.90 Å². The number of fused-ring (bicyclic) bond motifs is 3. The Labute approximate surface area is 148 Å². The van der Waals surface area contributed by atoms with Crippen LogP contribution in [0.5, 0.6) is 0 Å². The van der Waals surface area contributed by atoms with Crippen molar-refractivity contribution in [3.63, 3.8) is 0 Å². The lowest BCUT2D eigenvalue weighted by Crippen LogP contribution is -2.21. The predicted molar refractivity (Wildman–Crippen MR) is 95.8 cm³/mol. The molecule has 2 heterocycles. The molecule has 4 rings (SSSR count). The molecule has 6 heteroatoms. The molecule has 0 saturated heterocycles. The van der Waals surface area contributed by atoms with Gasteiger partial charge in [-0.2, -0.15) is 0 Å². The minimum atomic E-state index is -1.22. The predicted octanol–water partition coefficient (Wildman–Crippen LogP) is 2.53. The van der Waals surface area contributed by atoms with E-state index in [1.807, 2.05) is 0 Å². The quantitative estimate of drug-likeness (QED) is 0.784. The van der Waals surface area contributed by atoms with Gasteiger partial charge < -0.3 is 14.9 Å². The van der Waals surface area contributed by atoms with E-state index in [1.54, 1.807) is 23.5 Å². The lowest BCUT2D eigenvalue weighted by Gasteiger charge is -2.20. The van der Waals surface area contributed by atoms with Gasteiger partial charge in [0.15, 0.2) is 0 Å². The second kappa shape index (κ2) is 6.11. The van der Waals surface area contributed by atoms with Gasteiger partial charge in [0, 0.05) is 10.4 Å². The Balaban J connectivity index is 1.80. The van der Waals surface area contributed by atoms with E-state index in [1.165, 1.54) is 17.0 Å². The van der Waals surface area contributed by atoms with Crippen molar-refractivity contribution in [2.24, 2.45) is 5.92 Å². The standard InChI is InChI=1S/C19H18N2O3S/c1-2-10-3-8-13-14(9-10)25-18-15(13)17(22)20-16(21-18)11-4-6-12(7-5-11)19(23)24/h4-7,10H,2-3,8-9H2,1H3,(H,23,24)(H,20,21,22)/p-1/t10-/m0/s1. The van der Waals surface area contributed by atoms with E-state index in [0.29, 0.717) is 17.3 Å². The molecular weight excluding hydrogens is 336 g/mol. The van der Waals surface area contributed by atoms with Crippen molar-refractivity contribution >= 4 is 27.5 Å². The first-order valence-corrected chi connectivity index (χ1v) is 9.24. The number of carbonyl (C=O) groups is 1. The number of thiophene rings is 1. The Bertz CT molecular complexity index is 1020. The zero-order chi connectivity index (χ0) is 17.6. The third kappa shape index (κ3) is 2.76. The average molecular weight is 353 g/mol. The summed E-state index contributed by atoms with van der Waals surface area (Å²) in [4.78, 5) is 33.0. The fourth-order valence-corrected chi connectivity index (χ4v) is 4.84. The number of carboxylic acid groups (broad SMARTS) is 1. The van der Waals surface area contributed by atoms with E-state index in [9.17, 15) is 14.7 Å². The van der Waals surface area contributed by atoms with E-state index >= 15 is 0 Å². The van der Waals surface area contributed by atoms with Gasteiger partial charge in [-0.3, -0.25) is 4.79 Å². The summed E-state index contributed by atoms with van der Waals surface area (Å²) in [6, 6.07) is 6.19. The molecule has 0 radical (unpaired) electrons. The zero-order valence-corrected chi connectivity index (χ0v) is 14.6. The number of nitrogens with one attached hydrogen (secondary N) is 1. The minimum Gasteiger partial charge on any atom is -0.545 e. The van der Waals surface area contributed by atoms with E-state index < -0.39 is 5.97 Å². The highest BCUT2D eigenvalue weighted by atomic mass is 32.1. The highest BCUT2D eigenvalue weighted by Gasteiger charge is 2.24. The van der Waals surface area contributed by atoms with Crippen molar-refractivity contribution in [3.8, 4) is 11.4 Å². The molecule has 3 aromatic rings. The summed E-state index contributed by atoms with van der Waals surface area (Å²) in [6.45, 7) is 2.21. The lowest BCUT2D eigenvalue weighted by atomic mass is 9.86. The molecule has 1 aromatic carbocycles. The van der Waals surface area contributed by atoms with Gasteiger partial charge in [-0.05, 0) is 36.3 Å². The molecule has 2 aromatic heterocycles. The zero-order valence-electron chi connectivity index (χ0n) is 13.8. The van der Waals surface area contributed by atoms with Crippen molar-refractivity contribution in [2.45, 2.75) is 32.6 Å². The number of aromatic amines is 1. The van der Waals surface area contributed by atoms with Crippen molar-refractivity contribution in [1.29, 1.82) is 0 Å². The summed E-state index contributed by atoms with van der Waals surface area (Å²) >= 11 is 1.61. The number of hydrogen-bond donors (Lipinski definition) is 1. The van der Waals surface area contributed by atoms with Gasteiger partial charge in [0.05, 0.1) is 11.4 Å². The van der Waals surface area contributed by atoms with E-state index in [-0.39, 0.29) is 11.1 Å². The first-order chi connectivity index (χ1) is 12.1. The lowest BCUT2D eigenvalue weighted by molar-refractivity contribution is -0.255. The van der Waals surface area contributed by atoms with Gasteiger partial charge in [0.1, 0.15) is 10.7 Å². The molecule has 0 bridgehead atoms. The van der Waals surface area contributed by atoms with E-state index in [2.05, 4.69) is 16.9 Å². The SMILES string of the molecule is CC[C@H]1CCc2c(sc3nc(-c4ccc(C(=O)[O-])cc4)[nH]c(=O)c23)C1. The largest absolute Gasteiger partial charge is 0.545 e. The summed E-state index contributed by atoms with van der Waals surface area (Å²) in [6.07, 6.45) is 4.26. The van der Waals surface area contributed by atoms with Gasteiger partial charge in [0.25, 0.3) is 5.56 Å². The molecule has 0 fully saturated rings. The minimum absolute atomic E-state index is 0.101. The molecule has 0 spiro atoms.